The molecule has 0 unspecified atom stereocenters. The van der Waals surface area contributed by atoms with Crippen LogP contribution in [0.2, 0.25) is 0 Å². The van der Waals surface area contributed by atoms with E-state index in [1.807, 2.05) is 43.3 Å². The van der Waals surface area contributed by atoms with Gasteiger partial charge in [-0.05, 0) is 76.2 Å². The minimum Gasteiger partial charge on any atom is -0.493 e. The molecular weight excluding hydrogens is 540 g/mol. The number of fused-ring (bicyclic) bond motifs is 1. The first kappa shape index (κ1) is 29.0. The minimum absolute atomic E-state index is 0.0749. The number of phosphoric acid groups is 1. The number of benzene rings is 3. The molecule has 0 heterocycles. The molecule has 0 spiro atoms. The molecule has 3 aromatic carbocycles. The van der Waals surface area contributed by atoms with Crippen molar-refractivity contribution in [1.29, 1.82) is 0 Å². The van der Waals surface area contributed by atoms with Crippen LogP contribution in [0.5, 0.6) is 17.2 Å². The van der Waals surface area contributed by atoms with Crippen LogP contribution in [0.15, 0.2) is 66.2 Å². The number of carbonyl (C=O) groups excluding carboxylic acids is 1. The van der Waals surface area contributed by atoms with E-state index in [-0.39, 0.29) is 29.6 Å². The molecule has 0 bridgehead atoms. The molecule has 0 aromatic heterocycles. The molecule has 0 fully saturated rings. The fraction of sp³-hybridized carbons (Fsp3) is 0.207. The first-order valence-corrected chi connectivity index (χ1v) is 13.7. The van der Waals surface area contributed by atoms with Crippen LogP contribution < -0.4 is 19.5 Å². The van der Waals surface area contributed by atoms with E-state index < -0.39 is 20.4 Å². The number of allylic oxidation sites excluding steroid dienone is 2. The van der Waals surface area contributed by atoms with Crippen LogP contribution in [0.3, 0.4) is 0 Å². The zero-order chi connectivity index (χ0) is 28.9. The highest BCUT2D eigenvalue weighted by atomic mass is 31.2. The number of carbonyl (C=O) groups is 1. The highest BCUT2D eigenvalue weighted by Gasteiger charge is 2.26. The molecule has 11 heteroatoms. The van der Waals surface area contributed by atoms with Crippen molar-refractivity contribution in [2.75, 3.05) is 21.0 Å². The van der Waals surface area contributed by atoms with Gasteiger partial charge in [0.1, 0.15) is 5.82 Å². The summed E-state index contributed by atoms with van der Waals surface area (Å²) in [5.41, 5.74) is 5.39. The van der Waals surface area contributed by atoms with Gasteiger partial charge in [-0.25, -0.2) is 13.5 Å². The van der Waals surface area contributed by atoms with Gasteiger partial charge in [0, 0.05) is 6.54 Å². The van der Waals surface area contributed by atoms with Crippen LogP contribution in [0.1, 0.15) is 35.6 Å². The van der Waals surface area contributed by atoms with Crippen LogP contribution >= 0.6 is 7.82 Å². The largest absolute Gasteiger partial charge is 0.493 e. The van der Waals surface area contributed by atoms with Crippen molar-refractivity contribution < 1.29 is 42.3 Å². The van der Waals surface area contributed by atoms with Crippen molar-refractivity contribution in [3.63, 3.8) is 0 Å². The molecular formula is C29H29FNO8P. The minimum atomic E-state index is -4.73. The van der Waals surface area contributed by atoms with Crippen molar-refractivity contribution in [2.45, 2.75) is 19.9 Å². The van der Waals surface area contributed by atoms with Gasteiger partial charge in [-0.3, -0.25) is 4.79 Å². The standard InChI is InChI=1S/C29H29FNO8P/c1-18-23(11-20-12-26(36-2)29(27(13-20)37-3)38-17-39-40(33,34)35)22-10-9-21(30)14-25(22)24(18)15-28(32)31-16-19-7-5-4-6-8-19/h4-14H,15-17H2,1-3H3,(H,31,32)(H2,33,34,35). The highest BCUT2D eigenvalue weighted by molar-refractivity contribution is 7.46. The summed E-state index contributed by atoms with van der Waals surface area (Å²) >= 11 is 0. The quantitative estimate of drug-likeness (QED) is 0.209. The predicted molar refractivity (Wildman–Crippen MR) is 148 cm³/mol. The molecule has 1 aliphatic rings. The summed E-state index contributed by atoms with van der Waals surface area (Å²) < 4.78 is 45.9. The van der Waals surface area contributed by atoms with Gasteiger partial charge in [0.15, 0.2) is 11.5 Å². The number of halogens is 1. The first-order valence-electron chi connectivity index (χ1n) is 12.2. The SMILES string of the molecule is COc1cc(C=C2C(C)=C(CC(=O)NCc3ccccc3)c3cc(F)ccc32)cc(OC)c1OCOP(=O)(O)O. The predicted octanol–water partition coefficient (Wildman–Crippen LogP) is 5.32. The fourth-order valence-corrected chi connectivity index (χ4v) is 4.64. The van der Waals surface area contributed by atoms with Crippen LogP contribution in [-0.2, 0) is 20.4 Å². The van der Waals surface area contributed by atoms with E-state index in [0.717, 1.165) is 27.8 Å². The maximum Gasteiger partial charge on any atom is 0.472 e. The molecule has 0 radical (unpaired) electrons. The normalized spacial score (nSPS) is 13.8. The molecule has 0 atom stereocenters. The number of hydrogen-bond donors (Lipinski definition) is 3. The van der Waals surface area contributed by atoms with Crippen LogP contribution in [0.4, 0.5) is 4.39 Å². The highest BCUT2D eigenvalue weighted by Crippen LogP contribution is 2.46. The van der Waals surface area contributed by atoms with Crippen LogP contribution in [0, 0.1) is 5.82 Å². The van der Waals surface area contributed by atoms with E-state index in [1.54, 1.807) is 18.2 Å². The van der Waals surface area contributed by atoms with Crippen molar-refractivity contribution in [2.24, 2.45) is 0 Å². The third kappa shape index (κ3) is 6.97. The molecule has 0 saturated carbocycles. The molecule has 0 saturated heterocycles. The summed E-state index contributed by atoms with van der Waals surface area (Å²) in [7, 11) is -1.91. The zero-order valence-electron chi connectivity index (χ0n) is 22.1. The van der Waals surface area contributed by atoms with E-state index in [0.29, 0.717) is 17.7 Å². The topological polar surface area (TPSA) is 124 Å². The molecule has 9 nitrogen and oxygen atoms in total. The number of ether oxygens (including phenoxy) is 3. The molecule has 0 aliphatic heterocycles. The second-order valence-corrected chi connectivity index (χ2v) is 10.2. The summed E-state index contributed by atoms with van der Waals surface area (Å²) in [6.45, 7) is 1.54. The second-order valence-electron chi connectivity index (χ2n) is 8.93. The third-order valence-corrected chi connectivity index (χ3v) is 6.78. The van der Waals surface area contributed by atoms with Gasteiger partial charge >= 0.3 is 7.82 Å². The van der Waals surface area contributed by atoms with Gasteiger partial charge in [0.2, 0.25) is 18.4 Å². The number of amides is 1. The smallest absolute Gasteiger partial charge is 0.472 e. The zero-order valence-corrected chi connectivity index (χ0v) is 23.0. The van der Waals surface area contributed by atoms with Crippen molar-refractivity contribution >= 4 is 31.0 Å². The Labute approximate surface area is 231 Å². The third-order valence-electron chi connectivity index (χ3n) is 6.34. The van der Waals surface area contributed by atoms with Crippen molar-refractivity contribution in [3.8, 4) is 17.2 Å². The van der Waals surface area contributed by atoms with Crippen LogP contribution in [-0.4, -0.2) is 36.7 Å². The Morgan fingerprint density at radius 3 is 2.30 bits per heavy atom. The lowest BCUT2D eigenvalue weighted by atomic mass is 10.00. The van der Waals surface area contributed by atoms with Gasteiger partial charge in [-0.1, -0.05) is 36.4 Å². The Bertz CT molecular complexity index is 1490. The maximum atomic E-state index is 14.3. The van der Waals surface area contributed by atoms with Crippen molar-refractivity contribution in [1.82, 2.24) is 5.32 Å². The van der Waals surface area contributed by atoms with Gasteiger partial charge in [-0.2, -0.15) is 0 Å². The molecule has 210 valence electrons. The van der Waals surface area contributed by atoms with E-state index in [9.17, 15) is 13.8 Å². The Morgan fingerprint density at radius 2 is 1.68 bits per heavy atom. The summed E-state index contributed by atoms with van der Waals surface area (Å²) in [5, 5.41) is 2.93. The Hall–Kier alpha value is -3.95. The molecule has 3 aromatic rings. The fourth-order valence-electron chi connectivity index (χ4n) is 4.45. The lowest BCUT2D eigenvalue weighted by Gasteiger charge is -2.16. The summed E-state index contributed by atoms with van der Waals surface area (Å²) in [6, 6.07) is 17.4. The molecule has 40 heavy (non-hydrogen) atoms. The Balaban J connectivity index is 1.65. The summed E-state index contributed by atoms with van der Waals surface area (Å²) in [6.07, 6.45) is 1.94. The first-order chi connectivity index (χ1) is 19.1. The van der Waals surface area contributed by atoms with Gasteiger partial charge in [0.05, 0.1) is 20.6 Å². The molecule has 4 rings (SSSR count). The van der Waals surface area contributed by atoms with E-state index in [1.165, 1.54) is 26.4 Å². The summed E-state index contributed by atoms with van der Waals surface area (Å²) in [4.78, 5) is 30.7. The average Bonchev–Trinajstić information content (AvgIpc) is 3.17. The van der Waals surface area contributed by atoms with Gasteiger partial charge in [-0.15, -0.1) is 0 Å². The van der Waals surface area contributed by atoms with Gasteiger partial charge in [0.25, 0.3) is 0 Å². The monoisotopic (exact) mass is 569 g/mol. The summed E-state index contributed by atoms with van der Waals surface area (Å²) in [5.74, 6) is -0.0214. The molecule has 3 N–H and O–H groups in total. The number of nitrogens with one attached hydrogen (secondary N) is 1. The lowest BCUT2D eigenvalue weighted by Crippen LogP contribution is -2.22. The number of methoxy groups -OCH3 is 2. The lowest BCUT2D eigenvalue weighted by molar-refractivity contribution is -0.120. The number of rotatable bonds is 11. The van der Waals surface area contributed by atoms with E-state index in [2.05, 4.69) is 9.84 Å². The number of hydrogen-bond acceptors (Lipinski definition) is 6. The van der Waals surface area contributed by atoms with Gasteiger partial charge < -0.3 is 29.3 Å². The molecule has 1 aliphatic carbocycles. The molecule has 1 amide bonds. The van der Waals surface area contributed by atoms with Crippen molar-refractivity contribution in [3.05, 3.63) is 94.3 Å². The second kappa shape index (κ2) is 12.5. The van der Waals surface area contributed by atoms with E-state index >= 15 is 0 Å². The maximum absolute atomic E-state index is 14.3. The van der Waals surface area contributed by atoms with Crippen LogP contribution in [0.25, 0.3) is 17.2 Å². The average molecular weight is 570 g/mol. The Kier molecular flexibility index (Phi) is 9.07. The van der Waals surface area contributed by atoms with E-state index in [4.69, 9.17) is 24.0 Å². The number of phosphoric ester groups is 1. The Morgan fingerprint density at radius 1 is 1.00 bits per heavy atom.